The standard InChI is InChI=1S/C18H21ClN4O4S/c19-14-9-21-8-12-2-1-3-16(17(12)14)28(25,26)23-6-4-13(11-23)22-18(24)15-10-20-5-7-27-15/h1-3,8-9,13,15,20H,4-7,10-11H2,(H,22,24). The quantitative estimate of drug-likeness (QED) is 0.751. The number of carbonyl (C=O) groups is 1. The second-order valence-electron chi connectivity index (χ2n) is 6.90. The Morgan fingerprint density at radius 2 is 2.21 bits per heavy atom. The van der Waals surface area contributed by atoms with Gasteiger partial charge in [-0.3, -0.25) is 9.78 Å². The number of aromatic nitrogens is 1. The highest BCUT2D eigenvalue weighted by Crippen LogP contribution is 2.32. The number of pyridine rings is 1. The second-order valence-corrected chi connectivity index (χ2v) is 9.21. The first-order valence-corrected chi connectivity index (χ1v) is 10.9. The van der Waals surface area contributed by atoms with Crippen LogP contribution < -0.4 is 10.6 Å². The van der Waals surface area contributed by atoms with E-state index in [4.69, 9.17) is 16.3 Å². The molecule has 2 fully saturated rings. The van der Waals surface area contributed by atoms with Crippen LogP contribution in [0.5, 0.6) is 0 Å². The molecule has 2 atom stereocenters. The minimum atomic E-state index is -3.76. The molecule has 150 valence electrons. The van der Waals surface area contributed by atoms with Crippen molar-refractivity contribution in [3.8, 4) is 0 Å². The Balaban J connectivity index is 1.51. The van der Waals surface area contributed by atoms with Gasteiger partial charge in [-0.25, -0.2) is 8.42 Å². The normalized spacial score (nSPS) is 23.8. The molecular weight excluding hydrogens is 404 g/mol. The van der Waals surface area contributed by atoms with E-state index in [1.54, 1.807) is 24.4 Å². The van der Waals surface area contributed by atoms with Crippen LogP contribution in [0.2, 0.25) is 5.02 Å². The lowest BCUT2D eigenvalue weighted by molar-refractivity contribution is -0.134. The smallest absolute Gasteiger partial charge is 0.250 e. The van der Waals surface area contributed by atoms with E-state index in [0.717, 1.165) is 6.54 Å². The average Bonchev–Trinajstić information content (AvgIpc) is 3.18. The largest absolute Gasteiger partial charge is 0.366 e. The molecule has 0 saturated carbocycles. The summed E-state index contributed by atoms with van der Waals surface area (Å²) in [7, 11) is -3.76. The molecule has 2 unspecified atom stereocenters. The van der Waals surface area contributed by atoms with Gasteiger partial charge < -0.3 is 15.4 Å². The molecule has 2 aliphatic rings. The van der Waals surface area contributed by atoms with Gasteiger partial charge in [-0.1, -0.05) is 23.7 Å². The molecule has 28 heavy (non-hydrogen) atoms. The van der Waals surface area contributed by atoms with Gasteiger partial charge in [0, 0.05) is 55.4 Å². The van der Waals surface area contributed by atoms with E-state index in [0.29, 0.717) is 41.9 Å². The molecule has 4 rings (SSSR count). The maximum Gasteiger partial charge on any atom is 0.250 e. The topological polar surface area (TPSA) is 101 Å². The predicted molar refractivity (Wildman–Crippen MR) is 105 cm³/mol. The maximum absolute atomic E-state index is 13.2. The van der Waals surface area contributed by atoms with Gasteiger partial charge in [-0.05, 0) is 12.5 Å². The fraction of sp³-hybridized carbons (Fsp3) is 0.444. The molecule has 2 aliphatic heterocycles. The van der Waals surface area contributed by atoms with Crippen LogP contribution in [0.3, 0.4) is 0 Å². The molecule has 3 heterocycles. The van der Waals surface area contributed by atoms with E-state index in [9.17, 15) is 13.2 Å². The van der Waals surface area contributed by atoms with Gasteiger partial charge in [0.25, 0.3) is 5.91 Å². The molecule has 0 aliphatic carbocycles. The van der Waals surface area contributed by atoms with Crippen LogP contribution in [-0.4, -0.2) is 68.5 Å². The summed E-state index contributed by atoms with van der Waals surface area (Å²) in [6, 6.07) is 4.76. The number of fused-ring (bicyclic) bond motifs is 1. The highest BCUT2D eigenvalue weighted by molar-refractivity contribution is 7.89. The van der Waals surface area contributed by atoms with Crippen LogP contribution in [0.1, 0.15) is 6.42 Å². The number of morpholine rings is 1. The highest BCUT2D eigenvalue weighted by Gasteiger charge is 2.35. The fourth-order valence-electron chi connectivity index (χ4n) is 3.61. The molecule has 8 nitrogen and oxygen atoms in total. The Morgan fingerprint density at radius 1 is 1.36 bits per heavy atom. The molecule has 1 aromatic heterocycles. The zero-order chi connectivity index (χ0) is 19.7. The highest BCUT2D eigenvalue weighted by atomic mass is 35.5. The summed E-state index contributed by atoms with van der Waals surface area (Å²) in [5, 5.41) is 7.44. The number of hydrogen-bond donors (Lipinski definition) is 2. The Morgan fingerprint density at radius 3 is 3.00 bits per heavy atom. The number of nitrogens with one attached hydrogen (secondary N) is 2. The van der Waals surface area contributed by atoms with Gasteiger partial charge in [0.05, 0.1) is 16.5 Å². The first kappa shape index (κ1) is 19.5. The Hall–Kier alpha value is -1.78. The third kappa shape index (κ3) is 3.72. The molecular formula is C18H21ClN4O4S. The summed E-state index contributed by atoms with van der Waals surface area (Å²) in [4.78, 5) is 16.5. The van der Waals surface area contributed by atoms with E-state index in [2.05, 4.69) is 15.6 Å². The number of amides is 1. The van der Waals surface area contributed by atoms with Crippen molar-refractivity contribution in [2.45, 2.75) is 23.5 Å². The third-order valence-corrected chi connectivity index (χ3v) is 7.23. The molecule has 2 aromatic rings. The summed E-state index contributed by atoms with van der Waals surface area (Å²) in [6.07, 6.45) is 3.04. The number of halogens is 1. The maximum atomic E-state index is 13.2. The van der Waals surface area contributed by atoms with E-state index in [1.165, 1.54) is 10.5 Å². The SMILES string of the molecule is O=C(NC1CCN(S(=O)(=O)c2cccc3cncc(Cl)c23)C1)C1CNCCO1. The molecule has 0 radical (unpaired) electrons. The Kier molecular flexibility index (Phi) is 5.52. The number of hydrogen-bond acceptors (Lipinski definition) is 6. The number of sulfonamides is 1. The van der Waals surface area contributed by atoms with Crippen molar-refractivity contribution >= 4 is 38.3 Å². The summed E-state index contributed by atoms with van der Waals surface area (Å²) in [5.41, 5.74) is 0. The summed E-state index contributed by atoms with van der Waals surface area (Å²) in [6.45, 7) is 2.22. The number of ether oxygens (including phenoxy) is 1. The van der Waals surface area contributed by atoms with Crippen LogP contribution in [0.4, 0.5) is 0 Å². The molecule has 0 bridgehead atoms. The van der Waals surface area contributed by atoms with Gasteiger partial charge in [0.2, 0.25) is 10.0 Å². The van der Waals surface area contributed by atoms with Crippen molar-refractivity contribution in [2.24, 2.45) is 0 Å². The monoisotopic (exact) mass is 424 g/mol. The van der Waals surface area contributed by atoms with E-state index in [1.807, 2.05) is 0 Å². The van der Waals surface area contributed by atoms with Gasteiger partial charge in [0.1, 0.15) is 6.10 Å². The Labute approximate surface area is 168 Å². The van der Waals surface area contributed by atoms with Crippen LogP contribution in [0.15, 0.2) is 35.5 Å². The third-order valence-electron chi connectivity index (χ3n) is 5.03. The van der Waals surface area contributed by atoms with Crippen molar-refractivity contribution in [1.82, 2.24) is 19.9 Å². The summed E-state index contributed by atoms with van der Waals surface area (Å²) >= 11 is 6.24. The van der Waals surface area contributed by atoms with Crippen molar-refractivity contribution in [3.05, 3.63) is 35.6 Å². The van der Waals surface area contributed by atoms with Crippen LogP contribution in [0.25, 0.3) is 10.8 Å². The van der Waals surface area contributed by atoms with Crippen molar-refractivity contribution < 1.29 is 17.9 Å². The van der Waals surface area contributed by atoms with E-state index < -0.39 is 16.1 Å². The first-order chi connectivity index (χ1) is 13.5. The van der Waals surface area contributed by atoms with Gasteiger partial charge in [-0.15, -0.1) is 0 Å². The zero-order valence-corrected chi connectivity index (χ0v) is 16.7. The summed E-state index contributed by atoms with van der Waals surface area (Å²) in [5.74, 6) is -0.212. The molecule has 1 aromatic carbocycles. The van der Waals surface area contributed by atoms with Gasteiger partial charge in [-0.2, -0.15) is 4.31 Å². The molecule has 2 N–H and O–H groups in total. The molecule has 0 spiro atoms. The Bertz CT molecular complexity index is 989. The lowest BCUT2D eigenvalue weighted by atomic mass is 10.2. The molecule has 2 saturated heterocycles. The molecule has 10 heteroatoms. The lowest BCUT2D eigenvalue weighted by Gasteiger charge is -2.24. The van der Waals surface area contributed by atoms with Crippen molar-refractivity contribution in [3.63, 3.8) is 0 Å². The fourth-order valence-corrected chi connectivity index (χ4v) is 5.66. The summed E-state index contributed by atoms with van der Waals surface area (Å²) < 4.78 is 33.3. The van der Waals surface area contributed by atoms with Crippen LogP contribution in [-0.2, 0) is 19.6 Å². The first-order valence-electron chi connectivity index (χ1n) is 9.12. The van der Waals surface area contributed by atoms with E-state index >= 15 is 0 Å². The van der Waals surface area contributed by atoms with Crippen LogP contribution >= 0.6 is 11.6 Å². The number of nitrogens with zero attached hydrogens (tertiary/aromatic N) is 2. The van der Waals surface area contributed by atoms with E-state index in [-0.39, 0.29) is 23.4 Å². The van der Waals surface area contributed by atoms with Crippen molar-refractivity contribution in [2.75, 3.05) is 32.8 Å². The average molecular weight is 425 g/mol. The second kappa shape index (κ2) is 7.92. The zero-order valence-electron chi connectivity index (χ0n) is 15.1. The molecule has 1 amide bonds. The van der Waals surface area contributed by atoms with Crippen molar-refractivity contribution in [1.29, 1.82) is 0 Å². The number of rotatable bonds is 4. The minimum Gasteiger partial charge on any atom is -0.366 e. The van der Waals surface area contributed by atoms with Crippen LogP contribution in [0, 0.1) is 0 Å². The predicted octanol–water partition coefficient (Wildman–Crippen LogP) is 0.756. The minimum absolute atomic E-state index is 0.157. The number of carbonyl (C=O) groups excluding carboxylic acids is 1. The van der Waals surface area contributed by atoms with Gasteiger partial charge >= 0.3 is 0 Å². The lowest BCUT2D eigenvalue weighted by Crippen LogP contribution is -2.50. The van der Waals surface area contributed by atoms with Gasteiger partial charge in [0.15, 0.2) is 0 Å². The number of benzene rings is 1.